The lowest BCUT2D eigenvalue weighted by atomic mass is 9.79. The van der Waals surface area contributed by atoms with E-state index in [1.54, 1.807) is 6.07 Å². The predicted octanol–water partition coefficient (Wildman–Crippen LogP) is 5.24. The van der Waals surface area contributed by atoms with Crippen molar-refractivity contribution in [2.45, 2.75) is 47.5 Å². The van der Waals surface area contributed by atoms with Crippen LogP contribution in [0.25, 0.3) is 0 Å². The highest BCUT2D eigenvalue weighted by molar-refractivity contribution is 7.99. The summed E-state index contributed by atoms with van der Waals surface area (Å²) in [6, 6.07) is 12.7. The Morgan fingerprint density at radius 1 is 1.03 bits per heavy atom. The Bertz CT molecular complexity index is 1090. The van der Waals surface area contributed by atoms with Crippen molar-refractivity contribution in [2.75, 3.05) is 11.9 Å². The first-order valence-corrected chi connectivity index (χ1v) is 11.6. The lowest BCUT2D eigenvalue weighted by molar-refractivity contribution is -0.141. The van der Waals surface area contributed by atoms with Gasteiger partial charge in [0.05, 0.1) is 0 Å². The maximum absolute atomic E-state index is 13.4. The molecule has 2 heterocycles. The zero-order chi connectivity index (χ0) is 23.3. The molecule has 172 valence electrons. The van der Waals surface area contributed by atoms with Crippen molar-refractivity contribution >= 4 is 35.0 Å². The molecule has 1 fully saturated rings. The number of hydrogen-bond acceptors (Lipinski definition) is 6. The van der Waals surface area contributed by atoms with Crippen LogP contribution in [0.5, 0.6) is 0 Å². The summed E-state index contributed by atoms with van der Waals surface area (Å²) in [5.41, 5.74) is 0.0975. The van der Waals surface area contributed by atoms with E-state index >= 15 is 0 Å². The quantitative estimate of drug-likeness (QED) is 0.276. The van der Waals surface area contributed by atoms with E-state index in [0.717, 1.165) is 43.5 Å². The number of benzene rings is 1. The van der Waals surface area contributed by atoms with E-state index in [0.29, 0.717) is 6.54 Å². The average molecular weight is 491 g/mol. The van der Waals surface area contributed by atoms with Crippen LogP contribution < -0.4 is 10.6 Å². The summed E-state index contributed by atoms with van der Waals surface area (Å²) >= 11 is 6.28. The SMILES string of the molecule is FC(F)(F)c1cc(Sc2ncccn2)nc(NC(=S)NCC2(c3ccccc3)CCCC2)n1. The number of nitrogens with one attached hydrogen (secondary N) is 2. The second-order valence-corrected chi connectivity index (χ2v) is 9.10. The fourth-order valence-electron chi connectivity index (χ4n) is 3.92. The molecule has 0 amide bonds. The molecule has 1 saturated carbocycles. The van der Waals surface area contributed by atoms with E-state index in [2.05, 4.69) is 42.7 Å². The van der Waals surface area contributed by atoms with Crippen LogP contribution in [0.1, 0.15) is 36.9 Å². The van der Waals surface area contributed by atoms with Crippen molar-refractivity contribution in [1.29, 1.82) is 0 Å². The van der Waals surface area contributed by atoms with Crippen LogP contribution in [-0.2, 0) is 11.6 Å². The number of hydrogen-bond donors (Lipinski definition) is 2. The van der Waals surface area contributed by atoms with Gasteiger partial charge >= 0.3 is 6.18 Å². The van der Waals surface area contributed by atoms with Crippen molar-refractivity contribution in [2.24, 2.45) is 0 Å². The number of halogens is 3. The monoisotopic (exact) mass is 490 g/mol. The molecule has 2 aromatic heterocycles. The van der Waals surface area contributed by atoms with Crippen molar-refractivity contribution in [3.05, 3.63) is 66.1 Å². The van der Waals surface area contributed by atoms with Gasteiger partial charge in [0.15, 0.2) is 16.0 Å². The number of rotatable bonds is 6. The molecule has 0 unspecified atom stereocenters. The normalized spacial score (nSPS) is 15.2. The lowest BCUT2D eigenvalue weighted by Gasteiger charge is -2.30. The van der Waals surface area contributed by atoms with Crippen molar-refractivity contribution in [3.8, 4) is 0 Å². The van der Waals surface area contributed by atoms with Gasteiger partial charge in [0.1, 0.15) is 5.03 Å². The van der Waals surface area contributed by atoms with E-state index < -0.39 is 11.9 Å². The molecule has 1 aliphatic rings. The van der Waals surface area contributed by atoms with Crippen molar-refractivity contribution in [3.63, 3.8) is 0 Å². The van der Waals surface area contributed by atoms with Gasteiger partial charge in [-0.1, -0.05) is 43.2 Å². The molecule has 1 aromatic carbocycles. The van der Waals surface area contributed by atoms with Crippen molar-refractivity contribution < 1.29 is 13.2 Å². The van der Waals surface area contributed by atoms with E-state index in [-0.39, 0.29) is 26.7 Å². The van der Waals surface area contributed by atoms with Gasteiger partial charge < -0.3 is 10.6 Å². The Labute approximate surface area is 198 Å². The number of alkyl halides is 3. The first kappa shape index (κ1) is 23.4. The maximum atomic E-state index is 13.4. The van der Waals surface area contributed by atoms with Gasteiger partial charge in [-0.3, -0.25) is 0 Å². The average Bonchev–Trinajstić information content (AvgIpc) is 3.29. The molecule has 11 heteroatoms. The Kier molecular flexibility index (Phi) is 7.08. The van der Waals surface area contributed by atoms with Crippen LogP contribution in [0.3, 0.4) is 0 Å². The van der Waals surface area contributed by atoms with Crippen LogP contribution in [0.15, 0.2) is 65.0 Å². The molecule has 0 spiro atoms. The summed E-state index contributed by atoms with van der Waals surface area (Å²) in [5, 5.41) is 6.39. The molecule has 2 N–H and O–H groups in total. The molecule has 3 aromatic rings. The highest BCUT2D eigenvalue weighted by atomic mass is 32.2. The van der Waals surface area contributed by atoms with E-state index in [9.17, 15) is 13.2 Å². The van der Waals surface area contributed by atoms with Gasteiger partial charge in [-0.05, 0) is 48.5 Å². The van der Waals surface area contributed by atoms with E-state index in [1.165, 1.54) is 18.0 Å². The van der Waals surface area contributed by atoms with Gasteiger partial charge in [0.25, 0.3) is 0 Å². The smallest absolute Gasteiger partial charge is 0.361 e. The zero-order valence-corrected chi connectivity index (χ0v) is 19.1. The lowest BCUT2D eigenvalue weighted by Crippen LogP contribution is -2.41. The zero-order valence-electron chi connectivity index (χ0n) is 17.5. The Morgan fingerprint density at radius 2 is 1.73 bits per heavy atom. The van der Waals surface area contributed by atoms with Gasteiger partial charge in [-0.15, -0.1) is 0 Å². The van der Waals surface area contributed by atoms with Crippen LogP contribution >= 0.6 is 24.0 Å². The summed E-state index contributed by atoms with van der Waals surface area (Å²) in [4.78, 5) is 15.8. The molecule has 33 heavy (non-hydrogen) atoms. The third-order valence-electron chi connectivity index (χ3n) is 5.49. The maximum Gasteiger partial charge on any atom is 0.433 e. The minimum atomic E-state index is -4.64. The van der Waals surface area contributed by atoms with Crippen LogP contribution in [0.4, 0.5) is 19.1 Å². The van der Waals surface area contributed by atoms with Gasteiger partial charge in [0.2, 0.25) is 5.95 Å². The molecule has 0 radical (unpaired) electrons. The molecule has 0 saturated heterocycles. The van der Waals surface area contributed by atoms with Crippen LogP contribution in [0, 0.1) is 0 Å². The predicted molar refractivity (Wildman–Crippen MR) is 124 cm³/mol. The Balaban J connectivity index is 1.49. The highest BCUT2D eigenvalue weighted by Crippen LogP contribution is 2.40. The minimum absolute atomic E-state index is 0.0605. The molecular formula is C22H21F3N6S2. The fourth-order valence-corrected chi connectivity index (χ4v) is 4.80. The second kappa shape index (κ2) is 10.0. The van der Waals surface area contributed by atoms with Crippen LogP contribution in [0.2, 0.25) is 0 Å². The molecule has 1 aliphatic carbocycles. The first-order chi connectivity index (χ1) is 15.8. The fraction of sp³-hybridized carbons (Fsp3) is 0.318. The van der Waals surface area contributed by atoms with Gasteiger partial charge in [-0.2, -0.15) is 13.2 Å². The highest BCUT2D eigenvalue weighted by Gasteiger charge is 2.36. The Hall–Kier alpha value is -2.79. The Morgan fingerprint density at radius 3 is 2.39 bits per heavy atom. The molecule has 0 atom stereocenters. The largest absolute Gasteiger partial charge is 0.433 e. The summed E-state index contributed by atoms with van der Waals surface area (Å²) < 4.78 is 40.2. The number of nitrogens with zero attached hydrogens (tertiary/aromatic N) is 4. The standard InChI is InChI=1S/C22H21F3N6S2/c23-22(24,25)16-13-17(33-20-26-11-6-12-27-20)30-18(29-16)31-19(32)28-14-21(9-4-5-10-21)15-7-2-1-3-8-15/h1-3,6-8,11-13H,4-5,9-10,14H2,(H2,28,29,30,31,32). The molecule has 0 bridgehead atoms. The summed E-state index contributed by atoms with van der Waals surface area (Å²) in [6.07, 6.45) is 2.65. The topological polar surface area (TPSA) is 75.6 Å². The third kappa shape index (κ3) is 5.97. The number of anilines is 1. The second-order valence-electron chi connectivity index (χ2n) is 7.71. The van der Waals surface area contributed by atoms with Gasteiger partial charge in [-0.25, -0.2) is 19.9 Å². The number of thiocarbonyl (C=S) groups is 1. The van der Waals surface area contributed by atoms with E-state index in [1.807, 2.05) is 18.2 Å². The first-order valence-electron chi connectivity index (χ1n) is 10.4. The molecule has 4 rings (SSSR count). The van der Waals surface area contributed by atoms with Gasteiger partial charge in [0, 0.05) is 30.4 Å². The minimum Gasteiger partial charge on any atom is -0.361 e. The molecule has 6 nitrogen and oxygen atoms in total. The van der Waals surface area contributed by atoms with Crippen molar-refractivity contribution in [1.82, 2.24) is 25.3 Å². The van der Waals surface area contributed by atoms with Crippen LogP contribution in [-0.4, -0.2) is 31.6 Å². The third-order valence-corrected chi connectivity index (χ3v) is 6.55. The molecule has 0 aliphatic heterocycles. The number of aromatic nitrogens is 4. The van der Waals surface area contributed by atoms with E-state index in [4.69, 9.17) is 12.2 Å². The summed E-state index contributed by atoms with van der Waals surface area (Å²) in [7, 11) is 0. The summed E-state index contributed by atoms with van der Waals surface area (Å²) in [6.45, 7) is 0.571. The summed E-state index contributed by atoms with van der Waals surface area (Å²) in [5.74, 6) is -0.235. The molecular weight excluding hydrogens is 469 g/mol.